The first-order chi connectivity index (χ1) is 9.13. The van der Waals surface area contributed by atoms with Crippen molar-refractivity contribution in [1.29, 1.82) is 5.26 Å². The molecule has 0 amide bonds. The van der Waals surface area contributed by atoms with Crippen LogP contribution in [0, 0.1) is 18.3 Å². The molecule has 0 aromatic heterocycles. The quantitative estimate of drug-likeness (QED) is 0.740. The first kappa shape index (κ1) is 15.6. The first-order valence-corrected chi connectivity index (χ1v) is 7.45. The van der Waals surface area contributed by atoms with Crippen LogP contribution in [0.3, 0.4) is 0 Å². The summed E-state index contributed by atoms with van der Waals surface area (Å²) in [5, 5.41) is 17.2. The lowest BCUT2D eigenvalue weighted by Gasteiger charge is -2.11. The molecule has 1 N–H and O–H groups in total. The number of carbonyl (C=O) groups is 1. The lowest BCUT2D eigenvalue weighted by molar-refractivity contribution is -0.136. The molecule has 1 aromatic carbocycles. The monoisotopic (exact) mass is 277 g/mol. The van der Waals surface area contributed by atoms with Crippen molar-refractivity contribution in [3.05, 3.63) is 35.4 Å². The molecule has 0 saturated carbocycles. The zero-order valence-corrected chi connectivity index (χ0v) is 11.9. The number of carboxylic acids is 1. The number of thioether (sulfide) groups is 1. The Bertz CT molecular complexity index is 436. The van der Waals surface area contributed by atoms with E-state index in [4.69, 9.17) is 10.4 Å². The van der Waals surface area contributed by atoms with E-state index in [1.54, 1.807) is 0 Å². The van der Waals surface area contributed by atoms with Gasteiger partial charge in [-0.05, 0) is 37.5 Å². The fraction of sp³-hybridized carbons (Fsp3) is 0.467. The van der Waals surface area contributed by atoms with Gasteiger partial charge < -0.3 is 5.11 Å². The van der Waals surface area contributed by atoms with Gasteiger partial charge in [0.2, 0.25) is 0 Å². The second-order valence-electron chi connectivity index (χ2n) is 4.48. The SMILES string of the molecule is Cc1ccc(CCC(SCCCC#N)C(=O)O)cc1. The average Bonchev–Trinajstić information content (AvgIpc) is 2.39. The molecule has 3 nitrogen and oxygen atoms in total. The van der Waals surface area contributed by atoms with E-state index in [1.807, 2.05) is 19.1 Å². The van der Waals surface area contributed by atoms with Gasteiger partial charge in [-0.15, -0.1) is 11.8 Å². The number of nitriles is 1. The second-order valence-corrected chi connectivity index (χ2v) is 5.79. The van der Waals surface area contributed by atoms with Crippen LogP contribution in [0.1, 0.15) is 30.4 Å². The van der Waals surface area contributed by atoms with E-state index in [9.17, 15) is 4.79 Å². The Hall–Kier alpha value is -1.47. The van der Waals surface area contributed by atoms with Crippen molar-refractivity contribution >= 4 is 17.7 Å². The van der Waals surface area contributed by atoms with Crippen LogP contribution in [0.25, 0.3) is 0 Å². The number of rotatable bonds is 8. The summed E-state index contributed by atoms with van der Waals surface area (Å²) >= 11 is 1.44. The molecule has 0 spiro atoms. The lowest BCUT2D eigenvalue weighted by Crippen LogP contribution is -2.17. The summed E-state index contributed by atoms with van der Waals surface area (Å²) in [7, 11) is 0. The second kappa shape index (κ2) is 8.60. The molecule has 0 aliphatic heterocycles. The van der Waals surface area contributed by atoms with Crippen molar-refractivity contribution in [2.24, 2.45) is 0 Å². The van der Waals surface area contributed by atoms with Gasteiger partial charge in [0.15, 0.2) is 0 Å². The Labute approximate surface area is 118 Å². The maximum absolute atomic E-state index is 11.2. The fourth-order valence-corrected chi connectivity index (χ4v) is 2.73. The summed E-state index contributed by atoms with van der Waals surface area (Å²) in [6.45, 7) is 2.04. The maximum atomic E-state index is 11.2. The maximum Gasteiger partial charge on any atom is 0.316 e. The molecule has 0 fully saturated rings. The summed E-state index contributed by atoms with van der Waals surface area (Å²) in [5.74, 6) is -0.0209. The minimum absolute atomic E-state index is 0.375. The Balaban J connectivity index is 2.39. The van der Waals surface area contributed by atoms with Crippen molar-refractivity contribution in [1.82, 2.24) is 0 Å². The number of benzene rings is 1. The van der Waals surface area contributed by atoms with E-state index in [0.717, 1.165) is 18.6 Å². The molecule has 4 heteroatoms. The first-order valence-electron chi connectivity index (χ1n) is 6.40. The normalized spacial score (nSPS) is 11.8. The molecule has 0 bridgehead atoms. The Morgan fingerprint density at radius 2 is 2.11 bits per heavy atom. The molecule has 1 atom stereocenters. The number of carboxylic acid groups (broad SMARTS) is 1. The topological polar surface area (TPSA) is 61.1 Å². The molecular weight excluding hydrogens is 258 g/mol. The number of unbranched alkanes of at least 4 members (excludes halogenated alkanes) is 1. The van der Waals surface area contributed by atoms with E-state index < -0.39 is 5.97 Å². The van der Waals surface area contributed by atoms with Gasteiger partial charge in [-0.3, -0.25) is 4.79 Å². The van der Waals surface area contributed by atoms with Gasteiger partial charge in [-0.2, -0.15) is 5.26 Å². The molecule has 0 saturated heterocycles. The highest BCUT2D eigenvalue weighted by molar-refractivity contribution is 8.00. The summed E-state index contributed by atoms with van der Waals surface area (Å²) in [6, 6.07) is 10.3. The van der Waals surface area contributed by atoms with Crippen molar-refractivity contribution in [2.75, 3.05) is 5.75 Å². The van der Waals surface area contributed by atoms with E-state index >= 15 is 0 Å². The van der Waals surface area contributed by atoms with Gasteiger partial charge in [-0.1, -0.05) is 29.8 Å². The smallest absolute Gasteiger partial charge is 0.316 e. The summed E-state index contributed by atoms with van der Waals surface area (Å²) < 4.78 is 0. The predicted molar refractivity (Wildman–Crippen MR) is 78.2 cm³/mol. The van der Waals surface area contributed by atoms with Crippen LogP contribution in [0.4, 0.5) is 0 Å². The van der Waals surface area contributed by atoms with Gasteiger partial charge in [-0.25, -0.2) is 0 Å². The van der Waals surface area contributed by atoms with Crippen LogP contribution in [0.15, 0.2) is 24.3 Å². The van der Waals surface area contributed by atoms with Crippen molar-refractivity contribution in [3.63, 3.8) is 0 Å². The van der Waals surface area contributed by atoms with Crippen molar-refractivity contribution in [3.8, 4) is 6.07 Å². The lowest BCUT2D eigenvalue weighted by atomic mass is 10.1. The Kier molecular flexibility index (Phi) is 7.06. The number of nitrogens with zero attached hydrogens (tertiary/aromatic N) is 1. The highest BCUT2D eigenvalue weighted by atomic mass is 32.2. The van der Waals surface area contributed by atoms with Gasteiger partial charge in [0, 0.05) is 6.42 Å². The van der Waals surface area contributed by atoms with Gasteiger partial charge in [0.1, 0.15) is 5.25 Å². The summed E-state index contributed by atoms with van der Waals surface area (Å²) in [5.41, 5.74) is 2.39. The molecule has 1 rings (SSSR count). The molecule has 19 heavy (non-hydrogen) atoms. The van der Waals surface area contributed by atoms with Crippen LogP contribution in [0.5, 0.6) is 0 Å². The largest absolute Gasteiger partial charge is 0.480 e. The fourth-order valence-electron chi connectivity index (χ4n) is 1.71. The molecular formula is C15H19NO2S. The Morgan fingerprint density at radius 3 is 2.68 bits per heavy atom. The van der Waals surface area contributed by atoms with Gasteiger partial charge in [0.25, 0.3) is 0 Å². The van der Waals surface area contributed by atoms with Crippen molar-refractivity contribution in [2.45, 2.75) is 37.9 Å². The van der Waals surface area contributed by atoms with Crippen LogP contribution in [-0.4, -0.2) is 22.1 Å². The molecule has 1 aromatic rings. The van der Waals surface area contributed by atoms with Crippen LogP contribution in [0.2, 0.25) is 0 Å². The minimum atomic E-state index is -0.755. The molecule has 0 aliphatic carbocycles. The van der Waals surface area contributed by atoms with Gasteiger partial charge >= 0.3 is 5.97 Å². The highest BCUT2D eigenvalue weighted by Gasteiger charge is 2.17. The third-order valence-corrected chi connectivity index (χ3v) is 4.21. The van der Waals surface area contributed by atoms with E-state index in [0.29, 0.717) is 12.8 Å². The average molecular weight is 277 g/mol. The van der Waals surface area contributed by atoms with E-state index in [2.05, 4.69) is 18.2 Å². The van der Waals surface area contributed by atoms with E-state index in [1.165, 1.54) is 22.9 Å². The van der Waals surface area contributed by atoms with Crippen LogP contribution in [-0.2, 0) is 11.2 Å². The van der Waals surface area contributed by atoms with Crippen molar-refractivity contribution < 1.29 is 9.90 Å². The number of hydrogen-bond acceptors (Lipinski definition) is 3. The molecule has 0 radical (unpaired) electrons. The number of aliphatic carboxylic acids is 1. The summed E-state index contributed by atoms with van der Waals surface area (Å²) in [4.78, 5) is 11.2. The zero-order valence-electron chi connectivity index (χ0n) is 11.1. The van der Waals surface area contributed by atoms with E-state index in [-0.39, 0.29) is 5.25 Å². The number of hydrogen-bond donors (Lipinski definition) is 1. The third-order valence-electron chi connectivity index (χ3n) is 2.84. The molecule has 0 aliphatic rings. The van der Waals surface area contributed by atoms with Crippen LogP contribution >= 0.6 is 11.8 Å². The molecule has 1 unspecified atom stereocenters. The third kappa shape index (κ3) is 6.30. The highest BCUT2D eigenvalue weighted by Crippen LogP contribution is 2.19. The summed E-state index contributed by atoms with van der Waals surface area (Å²) in [6.07, 6.45) is 2.67. The minimum Gasteiger partial charge on any atom is -0.480 e. The van der Waals surface area contributed by atoms with Gasteiger partial charge in [0.05, 0.1) is 6.07 Å². The standard InChI is InChI=1S/C15H19NO2S/c1-12-4-6-13(7-5-12)8-9-14(15(17)18)19-11-3-2-10-16/h4-7,14H,2-3,8-9,11H2,1H3,(H,17,18). The predicted octanol–water partition coefficient (Wildman–Crippen LogP) is 3.42. The zero-order chi connectivity index (χ0) is 14.1. The van der Waals surface area contributed by atoms with Crippen LogP contribution < -0.4 is 0 Å². The molecule has 0 heterocycles. The molecule has 102 valence electrons. The Morgan fingerprint density at radius 1 is 1.42 bits per heavy atom. The number of aryl methyl sites for hydroxylation is 2.